The van der Waals surface area contributed by atoms with Crippen molar-refractivity contribution in [2.75, 3.05) is 11.5 Å². The first-order valence-corrected chi connectivity index (χ1v) is 5.18. The van der Waals surface area contributed by atoms with E-state index in [0.717, 1.165) is 0 Å². The highest BCUT2D eigenvalue weighted by molar-refractivity contribution is 9.11. The Labute approximate surface area is 96.5 Å². The number of nitrogen functional groups attached to an aromatic ring is 2. The number of benzene rings is 1. The van der Waals surface area contributed by atoms with E-state index in [-0.39, 0.29) is 0 Å². The smallest absolute Gasteiger partial charge is 0.0768 e. The van der Waals surface area contributed by atoms with Gasteiger partial charge in [-0.05, 0) is 31.9 Å². The zero-order valence-electron chi connectivity index (χ0n) is 5.67. The van der Waals surface area contributed by atoms with Crippen molar-refractivity contribution in [1.29, 1.82) is 0 Å². The second-order valence-electron chi connectivity index (χ2n) is 2.08. The van der Waals surface area contributed by atoms with Crippen molar-refractivity contribution in [3.05, 3.63) is 19.0 Å². The molecule has 1 aromatic rings. The molecule has 0 aromatic heterocycles. The van der Waals surface area contributed by atoms with E-state index in [2.05, 4.69) is 31.9 Å². The molecule has 0 spiro atoms. The minimum atomic E-state index is 0.357. The molecule has 0 aliphatic heterocycles. The van der Waals surface area contributed by atoms with Crippen LogP contribution in [0.25, 0.3) is 0 Å². The molecule has 0 aliphatic carbocycles. The summed E-state index contributed by atoms with van der Waals surface area (Å²) in [5.41, 5.74) is 12.0. The van der Waals surface area contributed by atoms with E-state index < -0.39 is 0 Å². The second kappa shape index (κ2) is 3.62. The summed E-state index contributed by atoms with van der Waals surface area (Å²) in [4.78, 5) is 0. The average molecular weight is 335 g/mol. The Morgan fingerprint density at radius 1 is 0.833 bits per heavy atom. The Morgan fingerprint density at radius 3 is 1.33 bits per heavy atom. The molecule has 0 aliphatic rings. The Kier molecular flexibility index (Phi) is 3.15. The summed E-state index contributed by atoms with van der Waals surface area (Å²) in [6, 6.07) is 0. The molecular weight excluding hydrogens is 331 g/mol. The average Bonchev–Trinajstić information content (AvgIpc) is 2.08. The van der Waals surface area contributed by atoms with Gasteiger partial charge in [0.1, 0.15) is 0 Å². The predicted molar refractivity (Wildman–Crippen MR) is 60.7 cm³/mol. The normalized spacial score (nSPS) is 10.3. The van der Waals surface area contributed by atoms with Gasteiger partial charge in [-0.15, -0.1) is 0 Å². The highest BCUT2D eigenvalue weighted by Crippen LogP contribution is 2.44. The van der Waals surface area contributed by atoms with Gasteiger partial charge in [-0.3, -0.25) is 0 Å². The van der Waals surface area contributed by atoms with Crippen LogP contribution in [0.1, 0.15) is 0 Å². The quantitative estimate of drug-likeness (QED) is 0.432. The van der Waals surface area contributed by atoms with E-state index in [9.17, 15) is 0 Å². The third kappa shape index (κ3) is 1.53. The third-order valence-corrected chi connectivity index (χ3v) is 4.30. The van der Waals surface area contributed by atoms with Crippen molar-refractivity contribution in [3.8, 4) is 0 Å². The fraction of sp³-hybridized carbons (Fsp3) is 0. The molecular formula is C6H4Br2Cl2N2. The summed E-state index contributed by atoms with van der Waals surface area (Å²) in [7, 11) is 0. The zero-order valence-corrected chi connectivity index (χ0v) is 10.4. The minimum Gasteiger partial charge on any atom is -0.396 e. The maximum absolute atomic E-state index is 5.82. The van der Waals surface area contributed by atoms with Crippen molar-refractivity contribution in [2.45, 2.75) is 0 Å². The fourth-order valence-electron chi connectivity index (χ4n) is 0.666. The van der Waals surface area contributed by atoms with Crippen molar-refractivity contribution >= 4 is 66.4 Å². The molecule has 0 amide bonds. The lowest BCUT2D eigenvalue weighted by atomic mass is 10.3. The van der Waals surface area contributed by atoms with Crippen LogP contribution in [0.3, 0.4) is 0 Å². The lowest BCUT2D eigenvalue weighted by Crippen LogP contribution is -1.98. The first-order chi connectivity index (χ1) is 5.46. The number of nitrogens with two attached hydrogens (primary N) is 2. The Balaban J connectivity index is 3.60. The van der Waals surface area contributed by atoms with Gasteiger partial charge in [-0.1, -0.05) is 23.2 Å². The summed E-state index contributed by atoms with van der Waals surface area (Å²) in [6.07, 6.45) is 0. The van der Waals surface area contributed by atoms with Crippen LogP contribution in [0.2, 0.25) is 10.0 Å². The summed E-state index contributed by atoms with van der Waals surface area (Å²) in [6.45, 7) is 0. The van der Waals surface area contributed by atoms with Gasteiger partial charge in [0.25, 0.3) is 0 Å². The van der Waals surface area contributed by atoms with Gasteiger partial charge in [0, 0.05) is 0 Å². The molecule has 0 saturated carbocycles. The molecule has 0 unspecified atom stereocenters. The molecule has 2 nitrogen and oxygen atoms in total. The molecule has 0 saturated heterocycles. The fourth-order valence-corrected chi connectivity index (χ4v) is 2.11. The predicted octanol–water partition coefficient (Wildman–Crippen LogP) is 3.68. The molecule has 0 fully saturated rings. The standard InChI is InChI=1S/C6H4Br2Cl2N2/c7-1-3(9)4(10)2(8)6(12)5(1)11/h11-12H2. The van der Waals surface area contributed by atoms with Crippen LogP contribution < -0.4 is 11.5 Å². The lowest BCUT2D eigenvalue weighted by molar-refractivity contribution is 1.58. The SMILES string of the molecule is Nc1c(N)c(Br)c(Cl)c(Cl)c1Br. The lowest BCUT2D eigenvalue weighted by Gasteiger charge is -2.09. The summed E-state index contributed by atoms with van der Waals surface area (Å²) in [5.74, 6) is 0. The topological polar surface area (TPSA) is 52.0 Å². The van der Waals surface area contributed by atoms with E-state index in [1.54, 1.807) is 0 Å². The highest BCUT2D eigenvalue weighted by atomic mass is 79.9. The molecule has 1 rings (SSSR count). The summed E-state index contributed by atoms with van der Waals surface area (Å²) >= 11 is 18.0. The van der Waals surface area contributed by atoms with E-state index in [1.165, 1.54) is 0 Å². The van der Waals surface area contributed by atoms with Crippen LogP contribution in [0.4, 0.5) is 11.4 Å². The zero-order chi connectivity index (χ0) is 9.46. The maximum atomic E-state index is 5.82. The molecule has 0 bridgehead atoms. The van der Waals surface area contributed by atoms with Crippen molar-refractivity contribution in [3.63, 3.8) is 0 Å². The first-order valence-electron chi connectivity index (χ1n) is 2.83. The van der Waals surface area contributed by atoms with Gasteiger partial charge < -0.3 is 11.5 Å². The monoisotopic (exact) mass is 332 g/mol. The van der Waals surface area contributed by atoms with Gasteiger partial charge in [0.2, 0.25) is 0 Å². The summed E-state index contributed by atoms with van der Waals surface area (Å²) < 4.78 is 1.05. The number of rotatable bonds is 0. The van der Waals surface area contributed by atoms with E-state index >= 15 is 0 Å². The Bertz CT molecular complexity index is 236. The summed E-state index contributed by atoms with van der Waals surface area (Å²) in [5, 5.41) is 0.713. The van der Waals surface area contributed by atoms with E-state index in [4.69, 9.17) is 34.7 Å². The molecule has 6 heteroatoms. The molecule has 1 aromatic carbocycles. The molecule has 0 atom stereocenters. The third-order valence-electron chi connectivity index (χ3n) is 1.34. The van der Waals surface area contributed by atoms with Crippen molar-refractivity contribution in [1.82, 2.24) is 0 Å². The van der Waals surface area contributed by atoms with E-state index in [0.29, 0.717) is 30.4 Å². The second-order valence-corrected chi connectivity index (χ2v) is 4.43. The minimum absolute atomic E-state index is 0.357. The van der Waals surface area contributed by atoms with Crippen molar-refractivity contribution in [2.24, 2.45) is 0 Å². The van der Waals surface area contributed by atoms with Crippen molar-refractivity contribution < 1.29 is 0 Å². The van der Waals surface area contributed by atoms with Crippen LogP contribution >= 0.6 is 55.1 Å². The Hall–Kier alpha value is 0.360. The van der Waals surface area contributed by atoms with Gasteiger partial charge in [-0.25, -0.2) is 0 Å². The van der Waals surface area contributed by atoms with Gasteiger partial charge in [-0.2, -0.15) is 0 Å². The van der Waals surface area contributed by atoms with Crippen LogP contribution in [0.5, 0.6) is 0 Å². The molecule has 4 N–H and O–H groups in total. The van der Waals surface area contributed by atoms with Gasteiger partial charge in [0.15, 0.2) is 0 Å². The molecule has 66 valence electrons. The van der Waals surface area contributed by atoms with Crippen LogP contribution in [-0.4, -0.2) is 0 Å². The number of halogens is 4. The maximum Gasteiger partial charge on any atom is 0.0768 e. The number of hydrogen-bond acceptors (Lipinski definition) is 2. The Morgan fingerprint density at radius 2 is 1.08 bits per heavy atom. The largest absolute Gasteiger partial charge is 0.396 e. The van der Waals surface area contributed by atoms with E-state index in [1.807, 2.05) is 0 Å². The van der Waals surface area contributed by atoms with Gasteiger partial charge in [0.05, 0.1) is 30.4 Å². The number of anilines is 2. The van der Waals surface area contributed by atoms with Crippen LogP contribution in [-0.2, 0) is 0 Å². The first kappa shape index (κ1) is 10.4. The molecule has 0 heterocycles. The van der Waals surface area contributed by atoms with Crippen LogP contribution in [0.15, 0.2) is 8.95 Å². The highest BCUT2D eigenvalue weighted by Gasteiger charge is 2.15. The van der Waals surface area contributed by atoms with Gasteiger partial charge >= 0.3 is 0 Å². The number of hydrogen-bond donors (Lipinski definition) is 2. The molecule has 0 radical (unpaired) electrons. The molecule has 12 heavy (non-hydrogen) atoms. The van der Waals surface area contributed by atoms with Crippen LogP contribution in [0, 0.1) is 0 Å².